The van der Waals surface area contributed by atoms with Crippen LogP contribution < -0.4 is 9.42 Å². The normalized spacial score (nSPS) is 14.7. The Morgan fingerprint density at radius 1 is 0.784 bits per heavy atom. The lowest BCUT2D eigenvalue weighted by molar-refractivity contribution is -0.904. The quantitative estimate of drug-likeness (QED) is 0.0557. The smallest absolute Gasteiger partial charge is 0.426 e. The van der Waals surface area contributed by atoms with Crippen molar-refractivity contribution in [1.82, 2.24) is 0 Å². The van der Waals surface area contributed by atoms with E-state index in [0.29, 0.717) is 12.2 Å². The molecule has 0 saturated heterocycles. The van der Waals surface area contributed by atoms with E-state index in [1.54, 1.807) is 24.3 Å². The van der Waals surface area contributed by atoms with Crippen LogP contribution in [-0.4, -0.2) is 42.7 Å². The molecule has 2 unspecified atom stereocenters. The van der Waals surface area contributed by atoms with Crippen LogP contribution in [0.3, 0.4) is 0 Å². The number of likely N-dealkylation sites (N-methyl/N-ethyl adjacent to an activating group) is 1. The summed E-state index contributed by atoms with van der Waals surface area (Å²) in [7, 11) is -1.85. The maximum absolute atomic E-state index is 12.2. The van der Waals surface area contributed by atoms with Gasteiger partial charge >= 0.3 is 8.17 Å². The number of phosphoric ester groups is 1. The second kappa shape index (κ2) is 21.9. The molecule has 0 aromatic heterocycles. The number of quaternary nitrogens is 1. The molecule has 0 heterocycles. The molecule has 0 aliphatic heterocycles. The van der Waals surface area contributed by atoms with Gasteiger partial charge in [0.05, 0.1) is 26.7 Å². The van der Waals surface area contributed by atoms with Crippen molar-refractivity contribution in [2.75, 3.05) is 33.3 Å². The number of para-hydroxylation sites is 1. The molecule has 5 nitrogen and oxygen atoms in total. The van der Waals surface area contributed by atoms with Gasteiger partial charge in [-0.2, -0.15) is 9.42 Å². The maximum Gasteiger partial charge on any atom is 0.426 e. The molecule has 1 rings (SSSR count). The van der Waals surface area contributed by atoms with Gasteiger partial charge in [-0.15, -0.1) is 0 Å². The lowest BCUT2D eigenvalue weighted by Gasteiger charge is -2.34. The van der Waals surface area contributed by atoms with Crippen molar-refractivity contribution < 1.29 is 23.3 Å². The van der Waals surface area contributed by atoms with E-state index in [1.807, 2.05) is 12.1 Å². The lowest BCUT2D eigenvalue weighted by Crippen LogP contribution is -2.46. The lowest BCUT2D eigenvalue weighted by atomic mass is 10.0. The zero-order valence-corrected chi connectivity index (χ0v) is 25.0. The van der Waals surface area contributed by atoms with Gasteiger partial charge in [0.2, 0.25) is 0 Å². The number of hydrogen-bond acceptors (Lipinski definition) is 4. The topological polar surface area (TPSA) is 61.8 Å². The molecule has 0 aliphatic carbocycles. The number of rotatable bonds is 26. The van der Waals surface area contributed by atoms with Gasteiger partial charge in [-0.25, -0.2) is 0 Å². The predicted octanol–water partition coefficient (Wildman–Crippen LogP) is 8.40. The van der Waals surface area contributed by atoms with Gasteiger partial charge in [-0.1, -0.05) is 122 Å². The van der Waals surface area contributed by atoms with Gasteiger partial charge < -0.3 is 9.38 Å². The largest absolute Gasteiger partial charge is 0.598 e. The molecule has 0 radical (unpaired) electrons. The van der Waals surface area contributed by atoms with E-state index in [4.69, 9.17) is 9.05 Å². The van der Waals surface area contributed by atoms with Crippen molar-refractivity contribution in [3.05, 3.63) is 43.0 Å². The first-order chi connectivity index (χ1) is 17.9. The Morgan fingerprint density at radius 2 is 1.24 bits per heavy atom. The first-order valence-electron chi connectivity index (χ1n) is 15.1. The summed E-state index contributed by atoms with van der Waals surface area (Å²) in [5.41, 5.74) is 0. The molecule has 0 amide bonds. The predicted molar refractivity (Wildman–Crippen MR) is 157 cm³/mol. The second-order valence-corrected chi connectivity index (χ2v) is 12.3. The van der Waals surface area contributed by atoms with E-state index in [-0.39, 0.29) is 6.61 Å². The summed E-state index contributed by atoms with van der Waals surface area (Å²) in [6, 6.07) is 8.62. The molecule has 0 aliphatic rings. The molecule has 0 saturated carbocycles. The minimum absolute atomic E-state index is 0.199. The Bertz CT molecular complexity index is 658. The standard InChI is InChI=1S/C31H56NO4P/c1-4-6-7-8-9-10-11-12-13-14-15-16-17-18-19-23-28-32(3,27-5-2)29-24-30-35-37(33,34)36-31-25-21-20-22-26-31/h5,20-22,25-26H,2,4,6-19,23-24,27-30H2,1,3H3/p+1. The highest BCUT2D eigenvalue weighted by Crippen LogP contribution is 2.47. The zero-order valence-electron chi connectivity index (χ0n) is 24.1. The number of hydrogen-bond donors (Lipinski definition) is 1. The molecule has 1 aromatic carbocycles. The molecule has 0 bridgehead atoms. The third kappa shape index (κ3) is 19.7. The van der Waals surface area contributed by atoms with Crippen molar-refractivity contribution in [3.8, 4) is 5.75 Å². The van der Waals surface area contributed by atoms with Crippen LogP contribution in [-0.2, 0) is 4.52 Å². The number of nitrogens with zero attached hydrogens (tertiary/aromatic N) is 1. The fraction of sp³-hybridized carbons (Fsp3) is 0.742. The van der Waals surface area contributed by atoms with Crippen molar-refractivity contribution in [3.63, 3.8) is 0 Å². The van der Waals surface area contributed by atoms with Crippen molar-refractivity contribution in [1.29, 1.82) is 0 Å². The van der Waals surface area contributed by atoms with Crippen molar-refractivity contribution >= 4 is 8.17 Å². The Balaban J connectivity index is 2.03. The van der Waals surface area contributed by atoms with E-state index in [1.165, 1.54) is 103 Å². The summed E-state index contributed by atoms with van der Waals surface area (Å²) in [4.78, 5) is 22.1. The van der Waals surface area contributed by atoms with Gasteiger partial charge in [-0.3, -0.25) is 4.52 Å². The maximum atomic E-state index is 12.2. The van der Waals surface area contributed by atoms with E-state index >= 15 is 0 Å². The molecule has 6 heteroatoms. The van der Waals surface area contributed by atoms with Crippen LogP contribution in [0.2, 0.25) is 0 Å². The summed E-state index contributed by atoms with van der Waals surface area (Å²) in [5, 5.41) is 0. The number of phosphoric acid groups is 1. The molecule has 0 spiro atoms. The fourth-order valence-corrected chi connectivity index (χ4v) is 5.72. The monoisotopic (exact) mass is 538 g/mol. The molecule has 0 fully saturated rings. The van der Waals surface area contributed by atoms with Crippen LogP contribution in [0.25, 0.3) is 0 Å². The van der Waals surface area contributed by atoms with Gasteiger partial charge in [0.25, 0.3) is 0 Å². The van der Waals surface area contributed by atoms with Gasteiger partial charge in [0.1, 0.15) is 6.61 Å². The molecular formula is C31H57NO4P+. The molecular weight excluding hydrogens is 481 g/mol. The summed E-state index contributed by atoms with van der Waals surface area (Å²) >= 11 is 0. The number of benzene rings is 1. The average Bonchev–Trinajstić information content (AvgIpc) is 2.87. The van der Waals surface area contributed by atoms with Crippen LogP contribution in [0.4, 0.5) is 0 Å². The number of unbranched alkanes of at least 4 members (excludes halogenated alkanes) is 15. The van der Waals surface area contributed by atoms with Crippen molar-refractivity contribution in [2.24, 2.45) is 0 Å². The van der Waals surface area contributed by atoms with Crippen LogP contribution in [0.1, 0.15) is 116 Å². The summed E-state index contributed by atoms with van der Waals surface area (Å²) < 4.78 is 11.2. The SMILES string of the molecule is C=CC[N+](C)(CCCCCCCCCCCCCCCCCC)CCCO[P+]([O-])(O)Oc1ccccc1. The first-order valence-corrected chi connectivity index (χ1v) is 16.6. The molecule has 2 atom stereocenters. The van der Waals surface area contributed by atoms with Crippen LogP contribution >= 0.6 is 8.17 Å². The van der Waals surface area contributed by atoms with Crippen LogP contribution in [0.5, 0.6) is 5.75 Å². The highest BCUT2D eigenvalue weighted by molar-refractivity contribution is 7.53. The summed E-state index contributed by atoms with van der Waals surface area (Å²) in [5.74, 6) is 0.337. The Hall–Kier alpha value is -0.970. The van der Waals surface area contributed by atoms with Gasteiger partial charge in [0, 0.05) is 6.42 Å². The second-order valence-electron chi connectivity index (χ2n) is 10.9. The van der Waals surface area contributed by atoms with Crippen LogP contribution in [0.15, 0.2) is 43.0 Å². The van der Waals surface area contributed by atoms with E-state index in [0.717, 1.165) is 24.1 Å². The van der Waals surface area contributed by atoms with Crippen molar-refractivity contribution in [2.45, 2.75) is 116 Å². The molecule has 37 heavy (non-hydrogen) atoms. The summed E-state index contributed by atoms with van der Waals surface area (Å²) in [6.45, 7) is 9.30. The highest BCUT2D eigenvalue weighted by Gasteiger charge is 2.29. The zero-order chi connectivity index (χ0) is 27.1. The Labute approximate surface area is 229 Å². The third-order valence-electron chi connectivity index (χ3n) is 7.18. The third-order valence-corrected chi connectivity index (χ3v) is 8.13. The summed E-state index contributed by atoms with van der Waals surface area (Å²) in [6.07, 6.45) is 24.8. The van der Waals surface area contributed by atoms with E-state index in [2.05, 4.69) is 20.6 Å². The Morgan fingerprint density at radius 3 is 1.73 bits per heavy atom. The Kier molecular flexibility index (Phi) is 20.2. The fourth-order valence-electron chi connectivity index (χ4n) is 4.91. The average molecular weight is 539 g/mol. The minimum atomic E-state index is -4.09. The van der Waals surface area contributed by atoms with Gasteiger partial charge in [-0.05, 0) is 31.1 Å². The van der Waals surface area contributed by atoms with E-state index in [9.17, 15) is 9.79 Å². The highest BCUT2D eigenvalue weighted by atomic mass is 31.2. The minimum Gasteiger partial charge on any atom is -0.598 e. The molecule has 214 valence electrons. The first kappa shape index (κ1) is 34.1. The van der Waals surface area contributed by atoms with Crippen LogP contribution in [0, 0.1) is 0 Å². The molecule has 1 aromatic rings. The molecule has 1 N–H and O–H groups in total. The van der Waals surface area contributed by atoms with Gasteiger partial charge in [0.15, 0.2) is 5.75 Å². The van der Waals surface area contributed by atoms with E-state index < -0.39 is 8.17 Å².